The topological polar surface area (TPSA) is 161 Å². The third-order valence-electron chi connectivity index (χ3n) is 1.48. The van der Waals surface area contributed by atoms with Crippen LogP contribution in [0, 0.1) is 0 Å². The van der Waals surface area contributed by atoms with Gasteiger partial charge in [-0.05, 0) is 0 Å². The molecular weight excluding hydrogens is 278 g/mol. The van der Waals surface area contributed by atoms with E-state index in [-0.39, 0.29) is 103 Å². The number of carboxylic acid groups (broad SMARTS) is 2. The molecule has 0 aromatic heterocycles. The Hall–Kier alpha value is 2.05. The van der Waals surface area contributed by atoms with E-state index < -0.39 is 36.4 Å². The first-order chi connectivity index (χ1) is 6.29. The molecule has 0 spiro atoms. The van der Waals surface area contributed by atoms with Crippen molar-refractivity contribution in [3.05, 3.63) is 0 Å². The molecule has 0 aliphatic heterocycles. The van der Waals surface area contributed by atoms with Crippen molar-refractivity contribution in [3.63, 3.8) is 0 Å². The van der Waals surface area contributed by atoms with Gasteiger partial charge in [-0.15, -0.1) is 0 Å². The smallest absolute Gasteiger partial charge is 0.547 e. The number of hydrogen-bond acceptors (Lipinski definition) is 8. The van der Waals surface area contributed by atoms with Gasteiger partial charge in [-0.1, -0.05) is 0 Å². The predicted molar refractivity (Wildman–Crippen MR) is 34.0 cm³/mol. The Kier molecular flexibility index (Phi) is 15.8. The maximum Gasteiger partial charge on any atom is 1.00 e. The molecule has 0 fully saturated rings. The summed E-state index contributed by atoms with van der Waals surface area (Å²) in [5, 5.41) is 54.7. The van der Waals surface area contributed by atoms with E-state index in [0.29, 0.717) is 0 Å². The molecule has 0 unspecified atom stereocenters. The SMILES string of the molecule is O=C([O-])[C@@H](O)[C@H](O)[C@@H](O)[C@H](O)C(=O)[O-].[K+].[K+]. The number of aliphatic hydroxyl groups is 4. The zero-order valence-corrected chi connectivity index (χ0v) is 15.0. The summed E-state index contributed by atoms with van der Waals surface area (Å²) in [6.07, 6.45) is -9.76. The summed E-state index contributed by atoms with van der Waals surface area (Å²) in [6.45, 7) is 0. The summed E-state index contributed by atoms with van der Waals surface area (Å²) in [5.74, 6) is -4.22. The van der Waals surface area contributed by atoms with Gasteiger partial charge in [-0.2, -0.15) is 0 Å². The average molecular weight is 286 g/mol. The fourth-order valence-corrected chi connectivity index (χ4v) is 0.652. The third kappa shape index (κ3) is 7.48. The van der Waals surface area contributed by atoms with Gasteiger partial charge in [0.2, 0.25) is 0 Å². The molecule has 16 heavy (non-hydrogen) atoms. The van der Waals surface area contributed by atoms with Crippen LogP contribution in [0.3, 0.4) is 0 Å². The molecular formula is C6H8K2O8. The second kappa shape index (κ2) is 10.9. The van der Waals surface area contributed by atoms with Crippen molar-refractivity contribution in [2.45, 2.75) is 24.4 Å². The van der Waals surface area contributed by atoms with Crippen LogP contribution < -0.4 is 113 Å². The maximum atomic E-state index is 9.96. The molecule has 4 N–H and O–H groups in total. The standard InChI is InChI=1S/C6H10O8.2K/c7-1(3(9)5(11)12)2(8)4(10)6(13)14;;/h1-4,7-10H,(H,11,12)(H,13,14);;/q;2*+1/p-2/t1-,2-,3+,4+;;/m1../s1. The number of carboxylic acids is 2. The van der Waals surface area contributed by atoms with Crippen LogP contribution in [-0.4, -0.2) is 56.8 Å². The summed E-state index contributed by atoms with van der Waals surface area (Å²) < 4.78 is 0. The van der Waals surface area contributed by atoms with Crippen molar-refractivity contribution < 1.29 is 143 Å². The van der Waals surface area contributed by atoms with Crippen molar-refractivity contribution in [2.24, 2.45) is 0 Å². The monoisotopic (exact) mass is 286 g/mol. The normalized spacial score (nSPS) is 17.0. The number of carbonyl (C=O) groups excluding carboxylic acids is 2. The molecule has 0 rings (SSSR count). The molecule has 82 valence electrons. The molecule has 0 heterocycles. The van der Waals surface area contributed by atoms with Gasteiger partial charge in [0.25, 0.3) is 0 Å². The summed E-state index contributed by atoms with van der Waals surface area (Å²) in [4.78, 5) is 19.9. The quantitative estimate of drug-likeness (QED) is 0.362. The maximum absolute atomic E-state index is 9.96. The summed E-state index contributed by atoms with van der Waals surface area (Å²) in [7, 11) is 0. The fraction of sp³-hybridized carbons (Fsp3) is 0.667. The van der Waals surface area contributed by atoms with Crippen LogP contribution in [0.1, 0.15) is 0 Å². The molecule has 0 saturated carbocycles. The Labute approximate surface area is 175 Å². The van der Waals surface area contributed by atoms with Crippen LogP contribution in [0.25, 0.3) is 0 Å². The summed E-state index contributed by atoms with van der Waals surface area (Å²) in [5.41, 5.74) is 0. The van der Waals surface area contributed by atoms with E-state index in [1.807, 2.05) is 0 Å². The van der Waals surface area contributed by atoms with Gasteiger partial charge < -0.3 is 40.2 Å². The van der Waals surface area contributed by atoms with E-state index in [1.54, 1.807) is 0 Å². The molecule has 8 nitrogen and oxygen atoms in total. The minimum atomic E-state index is -2.50. The van der Waals surface area contributed by atoms with Crippen LogP contribution >= 0.6 is 0 Å². The molecule has 0 aliphatic carbocycles. The van der Waals surface area contributed by atoms with Crippen molar-refractivity contribution in [3.8, 4) is 0 Å². The Bertz CT molecular complexity index is 211. The van der Waals surface area contributed by atoms with Crippen molar-refractivity contribution in [2.75, 3.05) is 0 Å². The minimum Gasteiger partial charge on any atom is -0.547 e. The van der Waals surface area contributed by atoms with Crippen LogP contribution in [0.4, 0.5) is 0 Å². The van der Waals surface area contributed by atoms with Gasteiger partial charge in [-0.25, -0.2) is 0 Å². The number of rotatable bonds is 5. The molecule has 0 radical (unpaired) electrons. The van der Waals surface area contributed by atoms with Crippen LogP contribution in [0.2, 0.25) is 0 Å². The Morgan fingerprint density at radius 3 is 1.06 bits per heavy atom. The number of aliphatic carboxylic acids is 2. The van der Waals surface area contributed by atoms with Gasteiger partial charge in [0.15, 0.2) is 0 Å². The first-order valence-corrected chi connectivity index (χ1v) is 3.43. The van der Waals surface area contributed by atoms with Gasteiger partial charge in [0.1, 0.15) is 24.4 Å². The Morgan fingerprint density at radius 1 is 0.750 bits per heavy atom. The number of aliphatic hydroxyl groups excluding tert-OH is 4. The Morgan fingerprint density at radius 2 is 0.938 bits per heavy atom. The molecule has 0 saturated heterocycles. The van der Waals surface area contributed by atoms with E-state index in [1.165, 1.54) is 0 Å². The van der Waals surface area contributed by atoms with Crippen molar-refractivity contribution >= 4 is 11.9 Å². The molecule has 0 aliphatic rings. The number of hydrogen-bond donors (Lipinski definition) is 4. The molecule has 10 heteroatoms. The first-order valence-electron chi connectivity index (χ1n) is 3.43. The van der Waals surface area contributed by atoms with Crippen LogP contribution in [0.15, 0.2) is 0 Å². The van der Waals surface area contributed by atoms with Gasteiger partial charge in [0, 0.05) is 0 Å². The van der Waals surface area contributed by atoms with Crippen LogP contribution in [0.5, 0.6) is 0 Å². The van der Waals surface area contributed by atoms with E-state index in [0.717, 1.165) is 0 Å². The van der Waals surface area contributed by atoms with Gasteiger partial charge in [-0.3, -0.25) is 0 Å². The fourth-order valence-electron chi connectivity index (χ4n) is 0.652. The van der Waals surface area contributed by atoms with Gasteiger partial charge in [0.05, 0.1) is 11.9 Å². The van der Waals surface area contributed by atoms with E-state index in [4.69, 9.17) is 20.4 Å². The molecule has 0 aromatic rings. The van der Waals surface area contributed by atoms with Gasteiger partial charge >= 0.3 is 103 Å². The zero-order valence-electron chi connectivity index (χ0n) is 8.73. The minimum absolute atomic E-state index is 0. The average Bonchev–Trinajstić information content (AvgIpc) is 2.12. The molecule has 0 aromatic carbocycles. The first kappa shape index (κ1) is 23.2. The van der Waals surface area contributed by atoms with Crippen molar-refractivity contribution in [1.29, 1.82) is 0 Å². The summed E-state index contributed by atoms with van der Waals surface area (Å²) >= 11 is 0. The summed E-state index contributed by atoms with van der Waals surface area (Å²) in [6, 6.07) is 0. The largest absolute Gasteiger partial charge is 1.00 e. The van der Waals surface area contributed by atoms with Crippen molar-refractivity contribution in [1.82, 2.24) is 0 Å². The second-order valence-electron chi connectivity index (χ2n) is 2.51. The number of carbonyl (C=O) groups is 2. The van der Waals surface area contributed by atoms with E-state index in [2.05, 4.69) is 0 Å². The molecule has 0 bridgehead atoms. The van der Waals surface area contributed by atoms with E-state index >= 15 is 0 Å². The predicted octanol–water partition coefficient (Wildman–Crippen LogP) is -12.1. The molecule has 4 atom stereocenters. The Balaban J connectivity index is -0.000000845. The van der Waals surface area contributed by atoms with E-state index in [9.17, 15) is 19.8 Å². The van der Waals surface area contributed by atoms with Crippen LogP contribution in [-0.2, 0) is 9.59 Å². The molecule has 0 amide bonds. The second-order valence-corrected chi connectivity index (χ2v) is 2.51. The third-order valence-corrected chi connectivity index (χ3v) is 1.48. The zero-order chi connectivity index (χ0) is 11.5.